The molecule has 1 aromatic heterocycles. The summed E-state index contributed by atoms with van der Waals surface area (Å²) in [4.78, 5) is 28.1. The molecule has 1 saturated carbocycles. The zero-order valence-corrected chi connectivity index (χ0v) is 16.0. The molecule has 0 saturated heterocycles. The van der Waals surface area contributed by atoms with E-state index in [-0.39, 0.29) is 17.9 Å². The van der Waals surface area contributed by atoms with Crippen molar-refractivity contribution < 1.29 is 23.8 Å². The number of carbonyl (C=O) groups excluding carboxylic acids is 1. The molecular weight excluding hydrogens is 410 g/mol. The molecule has 4 rings (SSSR count). The Morgan fingerprint density at radius 3 is 2.64 bits per heavy atom. The summed E-state index contributed by atoms with van der Waals surface area (Å²) in [5, 5.41) is 12.6. The van der Waals surface area contributed by atoms with E-state index in [0.717, 1.165) is 6.07 Å². The zero-order chi connectivity index (χ0) is 20.1. The van der Waals surface area contributed by atoms with Gasteiger partial charge in [0.15, 0.2) is 0 Å². The lowest BCUT2D eigenvalue weighted by atomic mass is 9.69. The van der Waals surface area contributed by atoms with Crippen LogP contribution < -0.4 is 10.1 Å². The Hall–Kier alpha value is -2.38. The average Bonchev–Trinajstić information content (AvgIpc) is 2.89. The first-order valence-electron chi connectivity index (χ1n) is 8.66. The number of hydrogen-bond donors (Lipinski definition) is 2. The molecule has 146 valence electrons. The minimum Gasteiger partial charge on any atom is -0.478 e. The van der Waals surface area contributed by atoms with Gasteiger partial charge in [-0.2, -0.15) is 0 Å². The van der Waals surface area contributed by atoms with Gasteiger partial charge in [0.2, 0.25) is 11.8 Å². The minimum atomic E-state index is -1.37. The molecule has 2 aliphatic rings. The van der Waals surface area contributed by atoms with E-state index in [9.17, 15) is 19.1 Å². The molecule has 1 aromatic carbocycles. The predicted octanol–water partition coefficient (Wildman–Crippen LogP) is 4.44. The minimum absolute atomic E-state index is 0.201. The van der Waals surface area contributed by atoms with Gasteiger partial charge in [0.25, 0.3) is 0 Å². The van der Waals surface area contributed by atoms with Gasteiger partial charge in [-0.3, -0.25) is 4.79 Å². The van der Waals surface area contributed by atoms with E-state index >= 15 is 0 Å². The number of benzene rings is 1. The molecule has 0 atom stereocenters. The van der Waals surface area contributed by atoms with Crippen LogP contribution in [0.5, 0.6) is 5.88 Å². The monoisotopic (exact) mass is 424 g/mol. The standard InChI is InChI=1S/C19H15Cl2FN2O4/c20-9-5-13(21)16(23-8-9)28-10-1-3-19(4-2-10)12-6-11(17(25)26)14(22)7-15(12)24-18(19)27/h5-8,10H,1-4H2,(H,24,27)(H,25,26). The van der Waals surface area contributed by atoms with Crippen LogP contribution in [0.25, 0.3) is 0 Å². The maximum Gasteiger partial charge on any atom is 0.338 e. The Morgan fingerprint density at radius 1 is 1.29 bits per heavy atom. The molecule has 2 aromatic rings. The van der Waals surface area contributed by atoms with Gasteiger partial charge in [-0.05, 0) is 49.4 Å². The topological polar surface area (TPSA) is 88.5 Å². The van der Waals surface area contributed by atoms with Crippen LogP contribution in [0, 0.1) is 5.82 Å². The van der Waals surface area contributed by atoms with Crippen LogP contribution in [-0.4, -0.2) is 28.1 Å². The Kier molecular flexibility index (Phi) is 4.67. The van der Waals surface area contributed by atoms with Crippen LogP contribution in [0.15, 0.2) is 24.4 Å². The lowest BCUT2D eigenvalue weighted by Gasteiger charge is -2.35. The van der Waals surface area contributed by atoms with Crippen LogP contribution in [0.4, 0.5) is 10.1 Å². The average molecular weight is 425 g/mol. The highest BCUT2D eigenvalue weighted by Gasteiger charge is 2.49. The third-order valence-electron chi connectivity index (χ3n) is 5.37. The lowest BCUT2D eigenvalue weighted by molar-refractivity contribution is -0.122. The van der Waals surface area contributed by atoms with E-state index in [2.05, 4.69) is 10.3 Å². The highest BCUT2D eigenvalue weighted by molar-refractivity contribution is 6.35. The molecule has 6 nitrogen and oxygen atoms in total. The summed E-state index contributed by atoms with van der Waals surface area (Å²) in [5.41, 5.74) is -0.471. The number of fused-ring (bicyclic) bond motifs is 2. The number of pyridine rings is 1. The molecule has 1 aliphatic heterocycles. The summed E-state index contributed by atoms with van der Waals surface area (Å²) >= 11 is 11.9. The Bertz CT molecular complexity index is 990. The molecule has 0 bridgehead atoms. The normalized spacial score (nSPS) is 23.4. The first-order valence-corrected chi connectivity index (χ1v) is 9.42. The molecule has 2 N–H and O–H groups in total. The SMILES string of the molecule is O=C(O)c1cc2c(cc1F)NC(=O)C21CCC(Oc2ncc(Cl)cc2Cl)CC1. The first-order chi connectivity index (χ1) is 13.3. The van der Waals surface area contributed by atoms with Gasteiger partial charge in [-0.25, -0.2) is 14.2 Å². The number of anilines is 1. The number of rotatable bonds is 3. The predicted molar refractivity (Wildman–Crippen MR) is 101 cm³/mol. The van der Waals surface area contributed by atoms with Crippen molar-refractivity contribution >= 4 is 40.8 Å². The van der Waals surface area contributed by atoms with Crippen LogP contribution in [0.3, 0.4) is 0 Å². The van der Waals surface area contributed by atoms with Crippen molar-refractivity contribution in [1.82, 2.24) is 4.98 Å². The van der Waals surface area contributed by atoms with Gasteiger partial charge < -0.3 is 15.2 Å². The number of aromatic nitrogens is 1. The maximum absolute atomic E-state index is 14.0. The molecule has 0 unspecified atom stereocenters. The molecule has 1 amide bonds. The summed E-state index contributed by atoms with van der Waals surface area (Å²) in [6, 6.07) is 3.88. The highest BCUT2D eigenvalue weighted by Crippen LogP contribution is 2.48. The molecule has 2 heterocycles. The number of ether oxygens (including phenoxy) is 1. The molecule has 1 spiro atoms. The maximum atomic E-state index is 14.0. The molecular formula is C19H15Cl2FN2O4. The molecule has 0 radical (unpaired) electrons. The molecule has 1 fully saturated rings. The van der Waals surface area contributed by atoms with E-state index in [1.165, 1.54) is 12.3 Å². The number of carboxylic acid groups (broad SMARTS) is 1. The van der Waals surface area contributed by atoms with Gasteiger partial charge in [0.05, 0.1) is 16.0 Å². The number of carboxylic acids is 1. The van der Waals surface area contributed by atoms with Crippen LogP contribution in [0.1, 0.15) is 41.6 Å². The first kappa shape index (κ1) is 19.0. The third kappa shape index (κ3) is 3.08. The van der Waals surface area contributed by atoms with Crippen LogP contribution in [0.2, 0.25) is 10.0 Å². The van der Waals surface area contributed by atoms with E-state index < -0.39 is 22.8 Å². The number of hydrogen-bond acceptors (Lipinski definition) is 4. The van der Waals surface area contributed by atoms with Crippen LogP contribution >= 0.6 is 23.2 Å². The number of amides is 1. The van der Waals surface area contributed by atoms with Crippen molar-refractivity contribution in [3.63, 3.8) is 0 Å². The van der Waals surface area contributed by atoms with Crippen molar-refractivity contribution in [2.45, 2.75) is 37.2 Å². The second-order valence-corrected chi connectivity index (χ2v) is 7.82. The van der Waals surface area contributed by atoms with Gasteiger partial charge in [0, 0.05) is 11.9 Å². The summed E-state index contributed by atoms with van der Waals surface area (Å²) in [6.07, 6.45) is 3.18. The number of halogens is 3. The van der Waals surface area contributed by atoms with Crippen molar-refractivity contribution in [3.8, 4) is 5.88 Å². The van der Waals surface area contributed by atoms with Crippen LogP contribution in [-0.2, 0) is 10.2 Å². The van der Waals surface area contributed by atoms with Crippen molar-refractivity contribution in [1.29, 1.82) is 0 Å². The zero-order valence-electron chi connectivity index (χ0n) is 14.5. The molecule has 9 heteroatoms. The molecule has 28 heavy (non-hydrogen) atoms. The van der Waals surface area contributed by atoms with Gasteiger partial charge in [-0.1, -0.05) is 23.2 Å². The fraction of sp³-hybridized carbons (Fsp3) is 0.316. The quantitative estimate of drug-likeness (QED) is 0.760. The van der Waals surface area contributed by atoms with E-state index in [4.69, 9.17) is 27.9 Å². The lowest BCUT2D eigenvalue weighted by Crippen LogP contribution is -2.41. The van der Waals surface area contributed by atoms with Gasteiger partial charge in [0.1, 0.15) is 16.9 Å². The second-order valence-electron chi connectivity index (χ2n) is 6.98. The molecule has 1 aliphatic carbocycles. The fourth-order valence-corrected chi connectivity index (χ4v) is 4.37. The Morgan fingerprint density at radius 2 is 2.00 bits per heavy atom. The fourth-order valence-electron chi connectivity index (χ4n) is 3.95. The van der Waals surface area contributed by atoms with Gasteiger partial charge >= 0.3 is 5.97 Å². The van der Waals surface area contributed by atoms with Crippen molar-refractivity contribution in [3.05, 3.63) is 51.4 Å². The smallest absolute Gasteiger partial charge is 0.338 e. The largest absolute Gasteiger partial charge is 0.478 e. The summed E-state index contributed by atoms with van der Waals surface area (Å²) in [6.45, 7) is 0. The second kappa shape index (κ2) is 6.90. The van der Waals surface area contributed by atoms with E-state index in [0.29, 0.717) is 47.0 Å². The van der Waals surface area contributed by atoms with Crippen molar-refractivity contribution in [2.24, 2.45) is 0 Å². The number of carbonyl (C=O) groups is 2. The summed E-state index contributed by atoms with van der Waals surface area (Å²) < 4.78 is 19.8. The van der Waals surface area contributed by atoms with E-state index in [1.54, 1.807) is 6.07 Å². The number of aromatic carboxylic acids is 1. The summed E-state index contributed by atoms with van der Waals surface area (Å²) in [7, 11) is 0. The third-order valence-corrected chi connectivity index (χ3v) is 5.85. The van der Waals surface area contributed by atoms with Crippen molar-refractivity contribution in [2.75, 3.05) is 5.32 Å². The number of nitrogens with zero attached hydrogens (tertiary/aromatic N) is 1. The number of nitrogens with one attached hydrogen (secondary N) is 1. The Balaban J connectivity index is 1.57. The van der Waals surface area contributed by atoms with Gasteiger partial charge in [-0.15, -0.1) is 0 Å². The Labute approximate surface area is 169 Å². The summed E-state index contributed by atoms with van der Waals surface area (Å²) in [5.74, 6) is -2.21. The highest BCUT2D eigenvalue weighted by atomic mass is 35.5. The van der Waals surface area contributed by atoms with E-state index in [1.807, 2.05) is 0 Å².